The Bertz CT molecular complexity index is 462. The Balaban J connectivity index is 2.15. The van der Waals surface area contributed by atoms with Crippen molar-refractivity contribution in [2.45, 2.75) is 6.54 Å². The van der Waals surface area contributed by atoms with Crippen molar-refractivity contribution in [2.75, 3.05) is 0 Å². The highest BCUT2D eigenvalue weighted by Crippen LogP contribution is 2.06. The molecule has 0 aromatic carbocycles. The lowest BCUT2D eigenvalue weighted by molar-refractivity contribution is -0.690. The molecule has 2 heterocycles. The van der Waals surface area contributed by atoms with Crippen LogP contribution in [0.15, 0.2) is 47.1 Å². The number of carboxylic acids is 1. The summed E-state index contributed by atoms with van der Waals surface area (Å²) in [6.07, 6.45) is 3.78. The molecule has 0 radical (unpaired) electrons. The van der Waals surface area contributed by atoms with Crippen LogP contribution in [0.2, 0.25) is 0 Å². The molecule has 0 saturated heterocycles. The average Bonchev–Trinajstić information content (AvgIpc) is 2.68. The maximum atomic E-state index is 10.6. The highest BCUT2D eigenvalue weighted by Gasteiger charge is 2.11. The third kappa shape index (κ3) is 2.22. The van der Waals surface area contributed by atoms with Crippen molar-refractivity contribution in [2.24, 2.45) is 0 Å². The van der Waals surface area contributed by atoms with Crippen LogP contribution >= 0.6 is 0 Å². The molecule has 0 fully saturated rings. The Morgan fingerprint density at radius 3 is 2.60 bits per heavy atom. The van der Waals surface area contributed by atoms with Gasteiger partial charge in [-0.05, 0) is 12.1 Å². The van der Waals surface area contributed by atoms with Gasteiger partial charge in [0.1, 0.15) is 0 Å². The zero-order valence-corrected chi connectivity index (χ0v) is 7.96. The van der Waals surface area contributed by atoms with Gasteiger partial charge in [-0.3, -0.25) is 0 Å². The molecule has 4 heteroatoms. The Hall–Kier alpha value is -2.10. The number of aromatic carboxylic acids is 1. The molecular weight excluding hydrogens is 194 g/mol. The van der Waals surface area contributed by atoms with E-state index >= 15 is 0 Å². The van der Waals surface area contributed by atoms with Gasteiger partial charge in [-0.2, -0.15) is 4.57 Å². The number of carbonyl (C=O) groups is 1. The molecule has 1 N–H and O–H groups in total. The van der Waals surface area contributed by atoms with Crippen molar-refractivity contribution in [3.63, 3.8) is 0 Å². The first-order valence-electron chi connectivity index (χ1n) is 4.52. The maximum Gasteiger partial charge on any atom is 0.371 e. The lowest BCUT2D eigenvalue weighted by Crippen LogP contribution is -2.32. The number of nitrogens with zero attached hydrogens (tertiary/aromatic N) is 1. The number of carboxylic acid groups (broad SMARTS) is 1. The minimum atomic E-state index is -1.04. The first kappa shape index (κ1) is 9.45. The summed E-state index contributed by atoms with van der Waals surface area (Å²) in [5, 5.41) is 8.66. The fourth-order valence-electron chi connectivity index (χ4n) is 1.30. The third-order valence-corrected chi connectivity index (χ3v) is 1.99. The molecule has 0 spiro atoms. The molecule has 2 aromatic rings. The first-order valence-corrected chi connectivity index (χ1v) is 4.52. The minimum Gasteiger partial charge on any atom is -0.475 e. The van der Waals surface area contributed by atoms with Gasteiger partial charge in [0.05, 0.1) is 0 Å². The van der Waals surface area contributed by atoms with Gasteiger partial charge in [0, 0.05) is 12.1 Å². The van der Waals surface area contributed by atoms with Gasteiger partial charge in [0.2, 0.25) is 12.3 Å². The monoisotopic (exact) mass is 204 g/mol. The largest absolute Gasteiger partial charge is 0.475 e. The number of rotatable bonds is 3. The summed E-state index contributed by atoms with van der Waals surface area (Å²) in [7, 11) is 0. The fourth-order valence-corrected chi connectivity index (χ4v) is 1.30. The third-order valence-electron chi connectivity index (χ3n) is 1.99. The molecule has 4 nitrogen and oxygen atoms in total. The van der Waals surface area contributed by atoms with Crippen molar-refractivity contribution >= 4 is 5.97 Å². The smallest absolute Gasteiger partial charge is 0.371 e. The molecule has 0 amide bonds. The molecule has 2 aromatic heterocycles. The zero-order valence-electron chi connectivity index (χ0n) is 7.96. The zero-order chi connectivity index (χ0) is 10.7. The second kappa shape index (κ2) is 3.96. The van der Waals surface area contributed by atoms with E-state index < -0.39 is 5.97 Å². The van der Waals surface area contributed by atoms with E-state index in [2.05, 4.69) is 0 Å². The highest BCUT2D eigenvalue weighted by molar-refractivity contribution is 5.84. The highest BCUT2D eigenvalue weighted by atomic mass is 16.4. The Morgan fingerprint density at radius 2 is 2.00 bits per heavy atom. The number of furan rings is 1. The van der Waals surface area contributed by atoms with E-state index in [1.54, 1.807) is 6.07 Å². The molecule has 76 valence electrons. The quantitative estimate of drug-likeness (QED) is 0.767. The van der Waals surface area contributed by atoms with Gasteiger partial charge in [0.25, 0.3) is 0 Å². The Morgan fingerprint density at radius 1 is 1.27 bits per heavy atom. The lowest BCUT2D eigenvalue weighted by Gasteiger charge is -1.92. The summed E-state index contributed by atoms with van der Waals surface area (Å²) in [5.41, 5.74) is 0. The van der Waals surface area contributed by atoms with Gasteiger partial charge in [-0.15, -0.1) is 0 Å². The van der Waals surface area contributed by atoms with Gasteiger partial charge in [0.15, 0.2) is 18.2 Å². The van der Waals surface area contributed by atoms with Crippen molar-refractivity contribution < 1.29 is 18.9 Å². The number of hydrogen-bond donors (Lipinski definition) is 1. The molecule has 15 heavy (non-hydrogen) atoms. The molecule has 0 aliphatic rings. The first-order chi connectivity index (χ1) is 7.25. The summed E-state index contributed by atoms with van der Waals surface area (Å²) in [6.45, 7) is 0.536. The lowest BCUT2D eigenvalue weighted by atomic mass is 10.4. The van der Waals surface area contributed by atoms with Crippen molar-refractivity contribution in [3.05, 3.63) is 54.2 Å². The van der Waals surface area contributed by atoms with Crippen molar-refractivity contribution in [1.29, 1.82) is 0 Å². The van der Waals surface area contributed by atoms with E-state index in [-0.39, 0.29) is 5.76 Å². The molecule has 0 saturated carbocycles. The summed E-state index contributed by atoms with van der Waals surface area (Å²) >= 11 is 0. The molecule has 0 aliphatic carbocycles. The van der Waals surface area contributed by atoms with Crippen LogP contribution < -0.4 is 4.57 Å². The van der Waals surface area contributed by atoms with E-state index in [1.165, 1.54) is 6.07 Å². The van der Waals surface area contributed by atoms with Gasteiger partial charge in [-0.25, -0.2) is 4.79 Å². The number of pyridine rings is 1. The molecule has 2 rings (SSSR count). The second-order valence-electron chi connectivity index (χ2n) is 3.12. The average molecular weight is 204 g/mol. The van der Waals surface area contributed by atoms with Crippen molar-refractivity contribution in [3.8, 4) is 0 Å². The normalized spacial score (nSPS) is 10.1. The standard InChI is InChI=1S/C11H9NO3/c13-11(14)10-5-4-9(15-10)8-12-6-2-1-3-7-12/h1-7H,8H2/p+1. The minimum absolute atomic E-state index is 0.0264. The van der Waals surface area contributed by atoms with Crippen LogP contribution in [0.1, 0.15) is 16.3 Å². The Labute approximate surface area is 86.4 Å². The molecule has 0 aliphatic heterocycles. The molecule has 0 unspecified atom stereocenters. The van der Waals surface area contributed by atoms with Crippen LogP contribution in [0.5, 0.6) is 0 Å². The van der Waals surface area contributed by atoms with E-state index in [4.69, 9.17) is 9.52 Å². The van der Waals surface area contributed by atoms with E-state index in [0.29, 0.717) is 12.3 Å². The predicted molar refractivity (Wildman–Crippen MR) is 51.4 cm³/mol. The summed E-state index contributed by atoms with van der Waals surface area (Å²) in [5.74, 6) is -0.440. The maximum absolute atomic E-state index is 10.6. The predicted octanol–water partition coefficient (Wildman–Crippen LogP) is 1.31. The van der Waals surface area contributed by atoms with Crippen LogP contribution in [-0.2, 0) is 6.54 Å². The van der Waals surface area contributed by atoms with Gasteiger partial charge >= 0.3 is 5.97 Å². The van der Waals surface area contributed by atoms with Crippen LogP contribution in [0, 0.1) is 0 Å². The summed E-state index contributed by atoms with van der Waals surface area (Å²) < 4.78 is 7.04. The summed E-state index contributed by atoms with van der Waals surface area (Å²) in [4.78, 5) is 10.6. The van der Waals surface area contributed by atoms with Crippen LogP contribution in [0.25, 0.3) is 0 Å². The number of hydrogen-bond acceptors (Lipinski definition) is 2. The Kier molecular flexibility index (Phi) is 2.49. The SMILES string of the molecule is O=C(O)c1ccc(C[n+]2ccccc2)o1. The fraction of sp³-hybridized carbons (Fsp3) is 0.0909. The van der Waals surface area contributed by atoms with Crippen molar-refractivity contribution in [1.82, 2.24) is 0 Å². The second-order valence-corrected chi connectivity index (χ2v) is 3.12. The molecule has 0 atom stereocenters. The number of aromatic nitrogens is 1. The van der Waals surface area contributed by atoms with E-state index in [9.17, 15) is 4.79 Å². The summed E-state index contributed by atoms with van der Waals surface area (Å²) in [6, 6.07) is 8.86. The molecular formula is C11H10NO3+. The van der Waals surface area contributed by atoms with Gasteiger partial charge in [-0.1, -0.05) is 6.07 Å². The van der Waals surface area contributed by atoms with Crippen LogP contribution in [0.3, 0.4) is 0 Å². The van der Waals surface area contributed by atoms with Gasteiger partial charge < -0.3 is 9.52 Å². The van der Waals surface area contributed by atoms with Crippen LogP contribution in [0.4, 0.5) is 0 Å². The topological polar surface area (TPSA) is 54.3 Å². The molecule has 0 bridgehead atoms. The van der Waals surface area contributed by atoms with Crippen LogP contribution in [-0.4, -0.2) is 11.1 Å². The van der Waals surface area contributed by atoms with E-state index in [0.717, 1.165) is 0 Å². The van der Waals surface area contributed by atoms with E-state index in [1.807, 2.05) is 35.2 Å².